The zero-order chi connectivity index (χ0) is 19.9. The molecular weight excluding hydrogens is 375 g/mol. The highest BCUT2D eigenvalue weighted by atomic mass is 19.1. The van der Waals surface area contributed by atoms with E-state index in [1.165, 1.54) is 23.0 Å². The molecule has 29 heavy (non-hydrogen) atoms. The Kier molecular flexibility index (Phi) is 3.25. The number of carbonyl (C=O) groups is 1. The maximum Gasteiger partial charge on any atom is 0.256 e. The Morgan fingerprint density at radius 2 is 2.17 bits per heavy atom. The molecule has 5 heterocycles. The number of nitrogens with one attached hydrogen (secondary N) is 1. The van der Waals surface area contributed by atoms with Crippen molar-refractivity contribution in [2.24, 2.45) is 11.8 Å². The Morgan fingerprint density at radius 1 is 1.31 bits per heavy atom. The number of hydrogen-bond donors (Lipinski definition) is 1. The van der Waals surface area contributed by atoms with Crippen molar-refractivity contribution in [2.75, 3.05) is 18.0 Å². The fourth-order valence-corrected chi connectivity index (χ4v) is 4.84. The van der Waals surface area contributed by atoms with E-state index in [1.54, 1.807) is 17.6 Å². The number of rotatable bonds is 0. The molecule has 2 fully saturated rings. The first-order valence-corrected chi connectivity index (χ1v) is 9.82. The lowest BCUT2D eigenvalue weighted by molar-refractivity contribution is 0.0950. The third kappa shape index (κ3) is 2.36. The molecule has 8 nitrogen and oxygen atoms in total. The van der Waals surface area contributed by atoms with Crippen LogP contribution in [0, 0.1) is 17.7 Å². The van der Waals surface area contributed by atoms with Crippen LogP contribution in [0.3, 0.4) is 0 Å². The maximum absolute atomic E-state index is 14.5. The highest BCUT2D eigenvalue weighted by molar-refractivity contribution is 5.99. The lowest BCUT2D eigenvalue weighted by Gasteiger charge is -2.29. The molecule has 1 aliphatic carbocycles. The minimum atomic E-state index is -0.447. The summed E-state index contributed by atoms with van der Waals surface area (Å²) in [4.78, 5) is 32.8. The van der Waals surface area contributed by atoms with E-state index in [2.05, 4.69) is 15.3 Å². The van der Waals surface area contributed by atoms with Crippen molar-refractivity contribution < 1.29 is 9.18 Å². The van der Waals surface area contributed by atoms with Crippen LogP contribution >= 0.6 is 0 Å². The summed E-state index contributed by atoms with van der Waals surface area (Å²) in [5.74, 6) is 0.706. The van der Waals surface area contributed by atoms with Gasteiger partial charge >= 0.3 is 0 Å². The highest BCUT2D eigenvalue weighted by Gasteiger charge is 2.54. The minimum absolute atomic E-state index is 0.194. The molecule has 1 amide bonds. The third-order valence-electron chi connectivity index (χ3n) is 6.43. The van der Waals surface area contributed by atoms with E-state index < -0.39 is 11.9 Å². The van der Waals surface area contributed by atoms with Crippen LogP contribution in [0.5, 0.6) is 0 Å². The predicted molar refractivity (Wildman–Crippen MR) is 102 cm³/mol. The Balaban J connectivity index is 1.60. The molecule has 0 spiro atoms. The van der Waals surface area contributed by atoms with Gasteiger partial charge in [-0.3, -0.25) is 9.59 Å². The van der Waals surface area contributed by atoms with Crippen LogP contribution in [-0.2, 0) is 0 Å². The SMILES string of the molecule is C[C@H]1CNC(=O)c2cnn3ccc(nc23)N2C[C@@H]3C[C@@H]3[C@H]2c2cc(F)cn1c2=O. The van der Waals surface area contributed by atoms with Crippen LogP contribution in [0.1, 0.15) is 41.3 Å². The number of amides is 1. The summed E-state index contributed by atoms with van der Waals surface area (Å²) < 4.78 is 17.5. The van der Waals surface area contributed by atoms with Crippen LogP contribution in [0.15, 0.2) is 35.5 Å². The van der Waals surface area contributed by atoms with Crippen molar-refractivity contribution >= 4 is 17.4 Å². The number of anilines is 1. The first-order valence-electron chi connectivity index (χ1n) is 9.82. The Hall–Kier alpha value is -3.23. The summed E-state index contributed by atoms with van der Waals surface area (Å²) in [6.07, 6.45) is 5.52. The van der Waals surface area contributed by atoms with Crippen LogP contribution in [-0.4, -0.2) is 38.2 Å². The third-order valence-corrected chi connectivity index (χ3v) is 6.43. The maximum atomic E-state index is 14.5. The van der Waals surface area contributed by atoms with Gasteiger partial charge < -0.3 is 14.8 Å². The van der Waals surface area contributed by atoms with Gasteiger partial charge in [0.05, 0.1) is 18.3 Å². The average Bonchev–Trinajstić information content (AvgIpc) is 3.18. The van der Waals surface area contributed by atoms with Gasteiger partial charge in [0.25, 0.3) is 11.5 Å². The van der Waals surface area contributed by atoms with Crippen molar-refractivity contribution in [2.45, 2.75) is 25.4 Å². The van der Waals surface area contributed by atoms with Gasteiger partial charge in [-0.1, -0.05) is 0 Å². The molecule has 4 bridgehead atoms. The fraction of sp³-hybridized carbons (Fsp3) is 0.400. The number of nitrogens with zero attached hydrogens (tertiary/aromatic N) is 5. The lowest BCUT2D eigenvalue weighted by atomic mass is 10.0. The van der Waals surface area contributed by atoms with Crippen molar-refractivity contribution in [1.29, 1.82) is 0 Å². The summed E-state index contributed by atoms with van der Waals surface area (Å²) >= 11 is 0. The molecule has 1 saturated heterocycles. The highest BCUT2D eigenvalue weighted by Crippen LogP contribution is 2.56. The van der Waals surface area contributed by atoms with E-state index in [-0.39, 0.29) is 24.1 Å². The predicted octanol–water partition coefficient (Wildman–Crippen LogP) is 1.53. The molecule has 3 aromatic heterocycles. The van der Waals surface area contributed by atoms with Crippen molar-refractivity contribution in [3.8, 4) is 0 Å². The first-order chi connectivity index (χ1) is 14.0. The van der Waals surface area contributed by atoms with Gasteiger partial charge in [-0.05, 0) is 37.3 Å². The largest absolute Gasteiger partial charge is 0.350 e. The number of aromatic nitrogens is 4. The van der Waals surface area contributed by atoms with E-state index >= 15 is 0 Å². The summed E-state index contributed by atoms with van der Waals surface area (Å²) in [5.41, 5.74) is 1.10. The van der Waals surface area contributed by atoms with E-state index in [0.29, 0.717) is 34.4 Å². The summed E-state index contributed by atoms with van der Waals surface area (Å²) in [6, 6.07) is 2.59. The van der Waals surface area contributed by atoms with Gasteiger partial charge in [0.1, 0.15) is 17.2 Å². The number of pyridine rings is 1. The fourth-order valence-electron chi connectivity index (χ4n) is 4.84. The van der Waals surface area contributed by atoms with Crippen molar-refractivity contribution in [1.82, 2.24) is 24.5 Å². The average molecular weight is 394 g/mol. The molecule has 1 saturated carbocycles. The second-order valence-electron chi connectivity index (χ2n) is 8.25. The molecule has 1 N–H and O–H groups in total. The molecule has 0 aromatic carbocycles. The van der Waals surface area contributed by atoms with Gasteiger partial charge in [0.15, 0.2) is 5.65 Å². The Labute approximate surface area is 165 Å². The second-order valence-corrected chi connectivity index (χ2v) is 8.25. The molecule has 0 unspecified atom stereocenters. The van der Waals surface area contributed by atoms with E-state index in [9.17, 15) is 14.0 Å². The Bertz CT molecular complexity index is 1230. The molecule has 148 valence electrons. The number of fused-ring (bicyclic) bond motifs is 8. The van der Waals surface area contributed by atoms with Crippen LogP contribution in [0.4, 0.5) is 10.2 Å². The summed E-state index contributed by atoms with van der Waals surface area (Å²) in [7, 11) is 0. The van der Waals surface area contributed by atoms with E-state index in [1.807, 2.05) is 6.07 Å². The molecule has 9 heteroatoms. The molecule has 2 aliphatic heterocycles. The van der Waals surface area contributed by atoms with Gasteiger partial charge in [0.2, 0.25) is 0 Å². The zero-order valence-electron chi connectivity index (χ0n) is 15.7. The lowest BCUT2D eigenvalue weighted by Crippen LogP contribution is -2.37. The van der Waals surface area contributed by atoms with Crippen LogP contribution in [0.2, 0.25) is 0 Å². The molecule has 3 aliphatic rings. The van der Waals surface area contributed by atoms with Crippen molar-refractivity contribution in [3.63, 3.8) is 0 Å². The quantitative estimate of drug-likeness (QED) is 0.625. The number of piperidine rings is 1. The number of halogens is 1. The molecule has 0 radical (unpaired) electrons. The van der Waals surface area contributed by atoms with Gasteiger partial charge in [-0.15, -0.1) is 0 Å². The smallest absolute Gasteiger partial charge is 0.256 e. The summed E-state index contributed by atoms with van der Waals surface area (Å²) in [5, 5.41) is 7.05. The molecular formula is C20H19FN6O2. The number of hydrogen-bond acceptors (Lipinski definition) is 5. The minimum Gasteiger partial charge on any atom is -0.350 e. The van der Waals surface area contributed by atoms with Gasteiger partial charge in [-0.25, -0.2) is 13.9 Å². The normalized spacial score (nSPS) is 27.7. The zero-order valence-corrected chi connectivity index (χ0v) is 15.7. The summed E-state index contributed by atoms with van der Waals surface area (Å²) in [6.45, 7) is 2.75. The van der Waals surface area contributed by atoms with Crippen LogP contribution < -0.4 is 15.8 Å². The molecule has 3 aromatic rings. The standard InChI is InChI=1S/C20H19FN6O2/c1-10-6-22-19(28)15-7-23-27-3-2-16(24-18(15)27)26-8-11-4-13(11)17(26)14-5-12(21)9-25(10)20(14)29/h2-3,5,7,9-11,13,17H,4,6,8H2,1H3,(H,22,28)/t10-,11-,13-,17-/m0/s1. The van der Waals surface area contributed by atoms with E-state index in [0.717, 1.165) is 13.0 Å². The van der Waals surface area contributed by atoms with Crippen molar-refractivity contribution in [3.05, 3.63) is 58.0 Å². The number of carbonyl (C=O) groups excluding carboxylic acids is 1. The monoisotopic (exact) mass is 394 g/mol. The second kappa shape index (κ2) is 5.65. The van der Waals surface area contributed by atoms with E-state index in [4.69, 9.17) is 4.98 Å². The molecule has 4 atom stereocenters. The first kappa shape index (κ1) is 16.7. The molecule has 6 rings (SSSR count). The van der Waals surface area contributed by atoms with Gasteiger partial charge in [0, 0.05) is 31.0 Å². The van der Waals surface area contributed by atoms with Crippen LogP contribution in [0.25, 0.3) is 5.65 Å². The Morgan fingerprint density at radius 3 is 3.03 bits per heavy atom. The topological polar surface area (TPSA) is 84.5 Å². The van der Waals surface area contributed by atoms with Gasteiger partial charge in [-0.2, -0.15) is 5.10 Å².